The summed E-state index contributed by atoms with van der Waals surface area (Å²) >= 11 is 3.30. The van der Waals surface area contributed by atoms with Gasteiger partial charge in [0.1, 0.15) is 11.9 Å². The van der Waals surface area contributed by atoms with Crippen LogP contribution < -0.4 is 0 Å². The zero-order valence-electron chi connectivity index (χ0n) is 16.4. The summed E-state index contributed by atoms with van der Waals surface area (Å²) in [5, 5.41) is 9.20. The van der Waals surface area contributed by atoms with Gasteiger partial charge in [0.15, 0.2) is 0 Å². The van der Waals surface area contributed by atoms with Gasteiger partial charge in [0.2, 0.25) is 15.9 Å². The summed E-state index contributed by atoms with van der Waals surface area (Å²) in [6.45, 7) is 0.521. The van der Waals surface area contributed by atoms with Crippen molar-refractivity contribution in [3.05, 3.63) is 63.9 Å². The van der Waals surface area contributed by atoms with E-state index in [-0.39, 0.29) is 47.7 Å². The largest absolute Gasteiger partial charge is 0.341 e. The van der Waals surface area contributed by atoms with Gasteiger partial charge in [0, 0.05) is 42.6 Å². The predicted molar refractivity (Wildman–Crippen MR) is 113 cm³/mol. The lowest BCUT2D eigenvalue weighted by Gasteiger charge is -2.32. The Balaban J connectivity index is 1.65. The van der Waals surface area contributed by atoms with E-state index in [1.807, 2.05) is 6.07 Å². The monoisotopic (exact) mass is 493 g/mol. The highest BCUT2D eigenvalue weighted by atomic mass is 79.9. The number of piperidine rings is 1. The van der Waals surface area contributed by atoms with Crippen molar-refractivity contribution in [1.82, 2.24) is 9.21 Å². The third-order valence-corrected chi connectivity index (χ3v) is 7.67. The second-order valence-corrected chi connectivity index (χ2v) is 10.0. The second kappa shape index (κ2) is 9.25. The zero-order chi connectivity index (χ0) is 21.9. The molecule has 1 saturated heterocycles. The third-order valence-electron chi connectivity index (χ3n) is 5.22. The minimum atomic E-state index is -3.80. The maximum Gasteiger partial charge on any atom is 0.244 e. The van der Waals surface area contributed by atoms with E-state index in [1.54, 1.807) is 31.3 Å². The summed E-state index contributed by atoms with van der Waals surface area (Å²) in [5.41, 5.74) is 0.514. The summed E-state index contributed by atoms with van der Waals surface area (Å²) < 4.78 is 41.9. The molecule has 6 nitrogen and oxygen atoms in total. The number of nitriles is 1. The zero-order valence-corrected chi connectivity index (χ0v) is 18.8. The van der Waals surface area contributed by atoms with Crippen molar-refractivity contribution < 1.29 is 17.6 Å². The normalized spacial score (nSPS) is 15.5. The molecule has 2 aromatic rings. The van der Waals surface area contributed by atoms with Crippen LogP contribution in [0.1, 0.15) is 24.0 Å². The summed E-state index contributed by atoms with van der Waals surface area (Å²) in [5.74, 6) is -0.846. The number of carbonyl (C=O) groups is 1. The van der Waals surface area contributed by atoms with Gasteiger partial charge in [0.05, 0.1) is 10.5 Å². The SMILES string of the molecule is CN(Cc1cc(Br)ccc1F)C(=O)C1CCN(S(=O)(=O)c2ccccc2C#N)CC1. The smallest absolute Gasteiger partial charge is 0.244 e. The number of benzene rings is 2. The molecule has 0 bridgehead atoms. The van der Waals surface area contributed by atoms with Crippen LogP contribution in [-0.2, 0) is 21.4 Å². The maximum atomic E-state index is 14.0. The molecule has 0 aliphatic carbocycles. The summed E-state index contributed by atoms with van der Waals surface area (Å²) in [7, 11) is -2.18. The minimum Gasteiger partial charge on any atom is -0.341 e. The van der Waals surface area contributed by atoms with E-state index in [1.165, 1.54) is 27.4 Å². The first-order chi connectivity index (χ1) is 14.2. The van der Waals surface area contributed by atoms with E-state index in [0.717, 1.165) is 4.47 Å². The number of hydrogen-bond donors (Lipinski definition) is 0. The molecule has 1 fully saturated rings. The van der Waals surface area contributed by atoms with Crippen LogP contribution in [0.4, 0.5) is 4.39 Å². The number of nitrogens with zero attached hydrogens (tertiary/aromatic N) is 3. The van der Waals surface area contributed by atoms with Crippen molar-refractivity contribution in [2.24, 2.45) is 5.92 Å². The quantitative estimate of drug-likeness (QED) is 0.637. The van der Waals surface area contributed by atoms with Crippen LogP contribution in [0.3, 0.4) is 0 Å². The van der Waals surface area contributed by atoms with Gasteiger partial charge in [-0.2, -0.15) is 9.57 Å². The van der Waals surface area contributed by atoms with Gasteiger partial charge < -0.3 is 4.90 Å². The van der Waals surface area contributed by atoms with Crippen molar-refractivity contribution in [1.29, 1.82) is 5.26 Å². The molecule has 158 valence electrons. The Morgan fingerprint density at radius 2 is 1.93 bits per heavy atom. The van der Waals surface area contributed by atoms with Crippen molar-refractivity contribution in [2.75, 3.05) is 20.1 Å². The van der Waals surface area contributed by atoms with Crippen molar-refractivity contribution >= 4 is 31.9 Å². The van der Waals surface area contributed by atoms with E-state index in [0.29, 0.717) is 18.4 Å². The molecule has 0 atom stereocenters. The highest BCUT2D eigenvalue weighted by Gasteiger charge is 2.34. The first-order valence-corrected chi connectivity index (χ1v) is 11.7. The summed E-state index contributed by atoms with van der Waals surface area (Å²) in [4.78, 5) is 14.3. The average Bonchev–Trinajstić information content (AvgIpc) is 2.75. The molecule has 0 radical (unpaired) electrons. The van der Waals surface area contributed by atoms with Gasteiger partial charge in [-0.15, -0.1) is 0 Å². The van der Waals surface area contributed by atoms with Crippen molar-refractivity contribution in [2.45, 2.75) is 24.3 Å². The lowest BCUT2D eigenvalue weighted by Crippen LogP contribution is -2.43. The van der Waals surface area contributed by atoms with Crippen LogP contribution in [0.25, 0.3) is 0 Å². The fourth-order valence-electron chi connectivity index (χ4n) is 3.58. The number of sulfonamides is 1. The average molecular weight is 494 g/mol. The van der Waals surface area contributed by atoms with Crippen LogP contribution in [0.15, 0.2) is 51.8 Å². The maximum absolute atomic E-state index is 14.0. The topological polar surface area (TPSA) is 81.5 Å². The molecule has 3 rings (SSSR count). The van der Waals surface area contributed by atoms with Gasteiger partial charge in [-0.25, -0.2) is 12.8 Å². The van der Waals surface area contributed by atoms with Gasteiger partial charge in [0.25, 0.3) is 0 Å². The molecule has 2 aromatic carbocycles. The van der Waals surface area contributed by atoms with Gasteiger partial charge in [-0.1, -0.05) is 28.1 Å². The molecule has 1 amide bonds. The third kappa shape index (κ3) is 4.72. The predicted octanol–water partition coefficient (Wildman–Crippen LogP) is 3.52. The Kier molecular flexibility index (Phi) is 6.91. The van der Waals surface area contributed by atoms with Gasteiger partial charge in [-0.3, -0.25) is 4.79 Å². The number of rotatable bonds is 5. The molecule has 1 heterocycles. The van der Waals surface area contributed by atoms with Gasteiger partial charge in [-0.05, 0) is 43.2 Å². The molecular weight excluding hydrogens is 473 g/mol. The highest BCUT2D eigenvalue weighted by molar-refractivity contribution is 9.10. The van der Waals surface area contributed by atoms with Crippen LogP contribution >= 0.6 is 15.9 Å². The Labute approximate surface area is 184 Å². The summed E-state index contributed by atoms with van der Waals surface area (Å²) in [6.07, 6.45) is 0.746. The van der Waals surface area contributed by atoms with Crippen molar-refractivity contribution in [3.8, 4) is 6.07 Å². The van der Waals surface area contributed by atoms with Crippen molar-refractivity contribution in [3.63, 3.8) is 0 Å². The highest BCUT2D eigenvalue weighted by Crippen LogP contribution is 2.27. The first kappa shape index (κ1) is 22.4. The van der Waals surface area contributed by atoms with Crippen LogP contribution in [-0.4, -0.2) is 43.7 Å². The molecule has 0 unspecified atom stereocenters. The number of halogens is 2. The lowest BCUT2D eigenvalue weighted by molar-refractivity contribution is -0.136. The standard InChI is InChI=1S/C21H21BrFN3O3S/c1-25(14-17-12-18(22)6-7-19(17)23)21(27)15-8-10-26(11-9-15)30(28,29)20-5-3-2-4-16(20)13-24/h2-7,12,15H,8-11,14H2,1H3. The number of hydrogen-bond acceptors (Lipinski definition) is 4. The van der Waals surface area contributed by atoms with E-state index in [9.17, 15) is 22.9 Å². The van der Waals surface area contributed by atoms with Crippen LogP contribution in [0.2, 0.25) is 0 Å². The van der Waals surface area contributed by atoms with Crippen LogP contribution in [0, 0.1) is 23.1 Å². The van der Waals surface area contributed by atoms with E-state index < -0.39 is 10.0 Å². The molecule has 0 spiro atoms. The fourth-order valence-corrected chi connectivity index (χ4v) is 5.60. The fraction of sp³-hybridized carbons (Fsp3) is 0.333. The Bertz CT molecular complexity index is 1090. The van der Waals surface area contributed by atoms with E-state index in [2.05, 4.69) is 15.9 Å². The second-order valence-electron chi connectivity index (χ2n) is 7.22. The Hall–Kier alpha value is -2.28. The molecule has 0 N–H and O–H groups in total. The molecular formula is C21H21BrFN3O3S. The minimum absolute atomic E-state index is 0.0143. The lowest BCUT2D eigenvalue weighted by atomic mass is 9.96. The van der Waals surface area contributed by atoms with E-state index >= 15 is 0 Å². The number of amides is 1. The Morgan fingerprint density at radius 3 is 2.60 bits per heavy atom. The Morgan fingerprint density at radius 1 is 1.27 bits per heavy atom. The molecule has 0 saturated carbocycles. The molecule has 30 heavy (non-hydrogen) atoms. The first-order valence-electron chi connectivity index (χ1n) is 9.42. The van der Waals surface area contributed by atoms with Gasteiger partial charge >= 0.3 is 0 Å². The number of carbonyl (C=O) groups excluding carboxylic acids is 1. The molecule has 9 heteroatoms. The molecule has 1 aliphatic heterocycles. The van der Waals surface area contributed by atoms with Crippen LogP contribution in [0.5, 0.6) is 0 Å². The van der Waals surface area contributed by atoms with E-state index in [4.69, 9.17) is 0 Å². The molecule has 1 aliphatic rings. The summed E-state index contributed by atoms with van der Waals surface area (Å²) in [6, 6.07) is 12.6. The molecule has 0 aromatic heterocycles.